The first-order valence-electron chi connectivity index (χ1n) is 15.7. The average molecular weight is 971 g/mol. The van der Waals surface area contributed by atoms with Gasteiger partial charge in [0.15, 0.2) is 0 Å². The second-order valence-electron chi connectivity index (χ2n) is 11.7. The molecular weight excluding hydrogens is 927 g/mol. The summed E-state index contributed by atoms with van der Waals surface area (Å²) in [5.74, 6) is 0. The van der Waals surface area contributed by atoms with Crippen LogP contribution in [0.4, 0.5) is 0 Å². The standard InChI is InChI=1S/2C21H21P.2HI.Pd/c2*1-16-10-4-7-13-19(16)22(20-14-8-5-11-17(20)2)21-15-9-6-12-18(21)3;;;/h2*4-15H,1-3H3;2*1H;/q;;;;+2. The Kier molecular flexibility index (Phi) is 15.8. The van der Waals surface area contributed by atoms with Crippen molar-refractivity contribution in [3.05, 3.63) is 179 Å². The average Bonchev–Trinajstić information content (AvgIpc) is 3.07. The Hall–Kier alpha value is -1.70. The molecule has 0 radical (unpaired) electrons. The topological polar surface area (TPSA) is 0 Å². The molecule has 0 aliphatic carbocycles. The van der Waals surface area contributed by atoms with Gasteiger partial charge in [0.25, 0.3) is 0 Å². The van der Waals surface area contributed by atoms with E-state index in [-0.39, 0.29) is 0 Å². The van der Waals surface area contributed by atoms with E-state index in [1.54, 1.807) is 0 Å². The van der Waals surface area contributed by atoms with E-state index in [1.165, 1.54) is 65.2 Å². The van der Waals surface area contributed by atoms with Crippen molar-refractivity contribution in [3.63, 3.8) is 0 Å². The molecule has 244 valence electrons. The van der Waals surface area contributed by atoms with Crippen molar-refractivity contribution >= 4 is 86.7 Å². The fourth-order valence-corrected chi connectivity index (χ4v) is 12.2. The fraction of sp³-hybridized carbons (Fsp3) is 0.143. The molecule has 0 aromatic heterocycles. The molecule has 6 aromatic rings. The van der Waals surface area contributed by atoms with Crippen molar-refractivity contribution in [1.82, 2.24) is 0 Å². The van der Waals surface area contributed by atoms with Crippen LogP contribution in [0.3, 0.4) is 0 Å². The van der Waals surface area contributed by atoms with Crippen molar-refractivity contribution in [2.45, 2.75) is 41.5 Å². The van der Waals surface area contributed by atoms with E-state index in [0.29, 0.717) is 0 Å². The monoisotopic (exact) mass is 970 g/mol. The van der Waals surface area contributed by atoms with E-state index in [1.807, 2.05) is 0 Å². The van der Waals surface area contributed by atoms with E-state index >= 15 is 0 Å². The molecule has 47 heavy (non-hydrogen) atoms. The molecule has 6 rings (SSSR count). The second-order valence-corrected chi connectivity index (χ2v) is 28.4. The summed E-state index contributed by atoms with van der Waals surface area (Å²) in [6.45, 7) is 13.4. The first kappa shape index (κ1) is 38.1. The first-order chi connectivity index (χ1) is 22.8. The SMILES string of the molecule is Cc1ccccc1[PH+](c1ccccc1C)c1ccccc1C.Cc1ccccc1[PH+](c1ccccc1C)c1ccccc1C.[I][Pd][I]. The van der Waals surface area contributed by atoms with Crippen LogP contribution in [0.25, 0.3) is 0 Å². The fourth-order valence-electron chi connectivity index (χ4n) is 5.99. The van der Waals surface area contributed by atoms with Crippen molar-refractivity contribution in [2.75, 3.05) is 0 Å². The van der Waals surface area contributed by atoms with Crippen LogP contribution in [-0.2, 0) is 10.8 Å². The summed E-state index contributed by atoms with van der Waals surface area (Å²) in [4.78, 5) is 0. The van der Waals surface area contributed by atoms with Gasteiger partial charge in [-0.3, -0.25) is 0 Å². The summed E-state index contributed by atoms with van der Waals surface area (Å²) < 4.78 is 0. The Morgan fingerprint density at radius 2 is 0.426 bits per heavy atom. The van der Waals surface area contributed by atoms with Crippen molar-refractivity contribution in [2.24, 2.45) is 0 Å². The Bertz CT molecular complexity index is 1530. The maximum atomic E-state index is 2.33. The molecule has 5 heteroatoms. The Morgan fingerprint density at radius 1 is 0.298 bits per heavy atom. The van der Waals surface area contributed by atoms with E-state index in [9.17, 15) is 0 Å². The molecule has 0 heterocycles. The molecule has 0 spiro atoms. The summed E-state index contributed by atoms with van der Waals surface area (Å²) >= 11 is 4.65. The van der Waals surface area contributed by atoms with E-state index in [0.717, 1.165) is 10.8 Å². The van der Waals surface area contributed by atoms with Gasteiger partial charge in [-0.25, -0.2) is 0 Å². The van der Waals surface area contributed by atoms with Gasteiger partial charge < -0.3 is 0 Å². The molecule has 0 amide bonds. The number of benzene rings is 6. The molecule has 0 aliphatic heterocycles. The van der Waals surface area contributed by atoms with Crippen LogP contribution in [-0.4, -0.2) is 0 Å². The van der Waals surface area contributed by atoms with Gasteiger partial charge in [-0.1, -0.05) is 109 Å². The first-order valence-corrected chi connectivity index (χ1v) is 28.0. The van der Waals surface area contributed by atoms with Gasteiger partial charge >= 0.3 is 49.8 Å². The van der Waals surface area contributed by atoms with Gasteiger partial charge in [-0.05, 0) is 111 Å². The molecule has 0 aliphatic rings. The molecule has 6 aromatic carbocycles. The van der Waals surface area contributed by atoms with Gasteiger partial charge in [0.2, 0.25) is 0 Å². The molecule has 0 saturated heterocycles. The number of rotatable bonds is 6. The number of aryl methyl sites for hydroxylation is 6. The van der Waals surface area contributed by atoms with Gasteiger partial charge in [-0.15, -0.1) is 0 Å². The molecule has 0 bridgehead atoms. The Balaban J connectivity index is 0.000000197. The molecule has 0 atom stereocenters. The van der Waals surface area contributed by atoms with Crippen LogP contribution in [0.2, 0.25) is 0 Å². The summed E-state index contributed by atoms with van der Waals surface area (Å²) in [7, 11) is -1.05. The zero-order chi connectivity index (χ0) is 33.8. The molecule has 0 N–H and O–H groups in total. The second kappa shape index (κ2) is 19.5. The van der Waals surface area contributed by atoms with E-state index in [2.05, 4.69) is 226 Å². The van der Waals surface area contributed by atoms with E-state index in [4.69, 9.17) is 0 Å². The third-order valence-corrected chi connectivity index (χ3v) is 15.1. The zero-order valence-electron chi connectivity index (χ0n) is 27.9. The van der Waals surface area contributed by atoms with Gasteiger partial charge in [0.05, 0.1) is 15.8 Å². The minimum absolute atomic E-state index is 0.890. The molecule has 0 nitrogen and oxygen atoms in total. The zero-order valence-corrected chi connectivity index (χ0v) is 35.8. The summed E-state index contributed by atoms with van der Waals surface area (Å²) in [5.41, 5.74) is 8.35. The van der Waals surface area contributed by atoms with Crippen LogP contribution >= 0.6 is 54.9 Å². The normalized spacial score (nSPS) is 10.7. The van der Waals surface area contributed by atoms with Crippen LogP contribution < -0.4 is 31.8 Å². The number of hydrogen-bond donors (Lipinski definition) is 0. The van der Waals surface area contributed by atoms with Crippen molar-refractivity contribution < 1.29 is 10.8 Å². The van der Waals surface area contributed by atoms with Crippen LogP contribution in [0, 0.1) is 41.5 Å². The predicted octanol–water partition coefficient (Wildman–Crippen LogP) is 9.97. The number of hydrogen-bond acceptors (Lipinski definition) is 0. The third kappa shape index (κ3) is 10.2. The molecule has 0 saturated carbocycles. The van der Waals surface area contributed by atoms with E-state index < -0.39 is 15.8 Å². The quantitative estimate of drug-likeness (QED) is 0.0887. The molecular formula is C42H44I2P2Pd+2. The van der Waals surface area contributed by atoms with Gasteiger partial charge in [-0.2, -0.15) is 0 Å². The van der Waals surface area contributed by atoms with Crippen LogP contribution in [0.15, 0.2) is 146 Å². The maximum absolute atomic E-state index is 2.33. The molecule has 0 fully saturated rings. The van der Waals surface area contributed by atoms with Gasteiger partial charge in [0.1, 0.15) is 31.8 Å². The van der Waals surface area contributed by atoms with Crippen molar-refractivity contribution in [1.29, 1.82) is 0 Å². The Morgan fingerprint density at radius 3 is 0.553 bits per heavy atom. The predicted molar refractivity (Wildman–Crippen MR) is 230 cm³/mol. The summed E-state index contributed by atoms with van der Waals surface area (Å²) in [6.07, 6.45) is 0. The number of halogens is 2. The third-order valence-electron chi connectivity index (χ3n) is 8.49. The van der Waals surface area contributed by atoms with Crippen molar-refractivity contribution in [3.8, 4) is 0 Å². The summed E-state index contributed by atoms with van der Waals surface area (Å²) in [6, 6.07) is 53.1. The van der Waals surface area contributed by atoms with Crippen LogP contribution in [0.1, 0.15) is 33.4 Å². The van der Waals surface area contributed by atoms with Gasteiger partial charge in [0, 0.05) is 0 Å². The van der Waals surface area contributed by atoms with Crippen LogP contribution in [0.5, 0.6) is 0 Å². The molecule has 0 unspecified atom stereocenters. The Labute approximate surface area is 314 Å². The minimum atomic E-state index is -0.968. The summed E-state index contributed by atoms with van der Waals surface area (Å²) in [5, 5.41) is 8.98.